The third-order valence-corrected chi connectivity index (χ3v) is 6.39. The van der Waals surface area contributed by atoms with Gasteiger partial charge in [0.15, 0.2) is 0 Å². The van der Waals surface area contributed by atoms with Crippen LogP contribution in [-0.2, 0) is 24.2 Å². The molecule has 0 aliphatic heterocycles. The van der Waals surface area contributed by atoms with E-state index in [0.29, 0.717) is 22.7 Å². The Morgan fingerprint density at radius 1 is 0.679 bits per heavy atom. The Morgan fingerprint density at radius 3 is 1.32 bits per heavy atom. The van der Waals surface area contributed by atoms with Crippen molar-refractivity contribution >= 4 is 4.21 Å². The molecule has 0 aromatic heterocycles. The predicted molar refractivity (Wildman–Crippen MR) is 120 cm³/mol. The minimum absolute atomic E-state index is 0.366. The molecule has 0 fully saturated rings. The molecule has 28 heavy (non-hydrogen) atoms. The van der Waals surface area contributed by atoms with E-state index in [-0.39, 0.29) is 0 Å². The molecule has 0 aromatic carbocycles. The van der Waals surface area contributed by atoms with Crippen molar-refractivity contribution in [2.45, 2.75) is 92.9 Å². The quantitative estimate of drug-likeness (QED) is 0.327. The van der Waals surface area contributed by atoms with Crippen LogP contribution in [0.25, 0.3) is 0 Å². The van der Waals surface area contributed by atoms with Crippen molar-refractivity contribution in [3.8, 4) is 0 Å². The molecule has 2 atom stereocenters. The van der Waals surface area contributed by atoms with Crippen LogP contribution in [0.3, 0.4) is 0 Å². The molecule has 4 aliphatic rings. The molecule has 1 heteroatoms. The summed E-state index contributed by atoms with van der Waals surface area (Å²) in [6.07, 6.45) is 22.4. The molecular weight excluding hydrogens is 416 g/mol. The normalized spacial score (nSPS) is 26.3. The van der Waals surface area contributed by atoms with E-state index < -0.39 is 0 Å². The van der Waals surface area contributed by atoms with Gasteiger partial charge in [0.25, 0.3) is 0 Å². The molecule has 0 heterocycles. The third kappa shape index (κ3) is 5.87. The number of allylic oxidation sites excluding steroid dienone is 8. The van der Waals surface area contributed by atoms with E-state index in [1.54, 1.807) is 22.3 Å². The molecule has 0 saturated heterocycles. The Morgan fingerprint density at radius 2 is 1.00 bits per heavy atom. The summed E-state index contributed by atoms with van der Waals surface area (Å²) in [7, 11) is 0. The first-order valence-corrected chi connectivity index (χ1v) is 12.9. The molecule has 0 radical (unpaired) electrons. The van der Waals surface area contributed by atoms with Gasteiger partial charge in [-0.25, -0.2) is 12.2 Å². The fourth-order valence-corrected chi connectivity index (χ4v) is 5.01. The fraction of sp³-hybridized carbons (Fsp3) is 0.667. The van der Waals surface area contributed by atoms with E-state index in [2.05, 4.69) is 70.1 Å². The first-order valence-electron chi connectivity index (χ1n) is 11.2. The van der Waals surface area contributed by atoms with Crippen LogP contribution in [0.1, 0.15) is 92.9 Å². The van der Waals surface area contributed by atoms with Crippen LogP contribution >= 0.6 is 0 Å². The second kappa shape index (κ2) is 10.2. The van der Waals surface area contributed by atoms with Gasteiger partial charge in [-0.3, -0.25) is 12.2 Å². The summed E-state index contributed by atoms with van der Waals surface area (Å²) in [6.45, 7) is 13.9. The maximum absolute atomic E-state index is 3.54. The summed E-state index contributed by atoms with van der Waals surface area (Å²) < 4.78 is 3.34. The van der Waals surface area contributed by atoms with Gasteiger partial charge in [-0.05, 0) is 23.7 Å². The average molecular weight is 456 g/mol. The SMILES string of the molecule is CC(C)(C)C1[C-]=CC2=C1CCCC2.CC(C)(C)C1[C-]=CC2=C1CCCC2.[CH2]=[Zr+2]. The first-order chi connectivity index (χ1) is 13.2. The zero-order valence-electron chi connectivity index (χ0n) is 19.2. The maximum atomic E-state index is 3.54. The molecule has 4 rings (SSSR count). The second-order valence-electron chi connectivity index (χ2n) is 10.7. The van der Waals surface area contributed by atoms with Crippen LogP contribution in [0, 0.1) is 34.8 Å². The summed E-state index contributed by atoms with van der Waals surface area (Å²) in [4.78, 5) is 0. The molecule has 0 spiro atoms. The van der Waals surface area contributed by atoms with Gasteiger partial charge in [0, 0.05) is 0 Å². The number of rotatable bonds is 0. The molecule has 0 aromatic rings. The van der Waals surface area contributed by atoms with Crippen molar-refractivity contribution < 1.29 is 24.2 Å². The van der Waals surface area contributed by atoms with Crippen molar-refractivity contribution in [1.82, 2.24) is 0 Å². The van der Waals surface area contributed by atoms with E-state index >= 15 is 0 Å². The van der Waals surface area contributed by atoms with Crippen LogP contribution < -0.4 is 0 Å². The predicted octanol–water partition coefficient (Wildman–Crippen LogP) is 7.75. The summed E-state index contributed by atoms with van der Waals surface area (Å²) in [5, 5.41) is 0. The van der Waals surface area contributed by atoms with Gasteiger partial charge in [0.1, 0.15) is 0 Å². The van der Waals surface area contributed by atoms with Crippen LogP contribution in [0.5, 0.6) is 0 Å². The standard InChI is InChI=1S/2C13H19.CH2.Zr/c2*1-13(2,3)12-9-8-10-6-4-5-7-11(10)12;;/h2*8,12H,4-7H2,1-3H3;1H2;/q2*-1;;+2. The second-order valence-corrected chi connectivity index (χ2v) is 10.7. The molecule has 152 valence electrons. The van der Waals surface area contributed by atoms with E-state index in [4.69, 9.17) is 0 Å². The number of hydrogen-bond acceptors (Lipinski definition) is 0. The van der Waals surface area contributed by atoms with Crippen LogP contribution in [-0.4, -0.2) is 4.21 Å². The Hall–Kier alpha value is -0.287. The van der Waals surface area contributed by atoms with Gasteiger partial charge in [-0.2, -0.15) is 22.3 Å². The third-order valence-electron chi connectivity index (χ3n) is 6.39. The molecule has 2 unspecified atom stereocenters. The first kappa shape index (κ1) is 24.0. The minimum atomic E-state index is 0.366. The van der Waals surface area contributed by atoms with Crippen LogP contribution in [0.15, 0.2) is 34.4 Å². The van der Waals surface area contributed by atoms with E-state index in [1.165, 1.54) is 75.6 Å². The zero-order chi connectivity index (χ0) is 20.9. The average Bonchev–Trinajstić information content (AvgIpc) is 3.27. The van der Waals surface area contributed by atoms with E-state index in [1.807, 2.05) is 0 Å². The van der Waals surface area contributed by atoms with Crippen molar-refractivity contribution in [3.63, 3.8) is 0 Å². The van der Waals surface area contributed by atoms with Gasteiger partial charge in [-0.15, -0.1) is 0 Å². The molecule has 0 amide bonds. The van der Waals surface area contributed by atoms with Gasteiger partial charge < -0.3 is 0 Å². The summed E-state index contributed by atoms with van der Waals surface area (Å²) >= 11 is 1.30. The van der Waals surface area contributed by atoms with Gasteiger partial charge in [0.2, 0.25) is 0 Å². The van der Waals surface area contributed by atoms with Gasteiger partial charge >= 0.3 is 28.4 Å². The Kier molecular flexibility index (Phi) is 8.70. The monoisotopic (exact) mass is 454 g/mol. The van der Waals surface area contributed by atoms with Crippen molar-refractivity contribution in [2.75, 3.05) is 0 Å². The van der Waals surface area contributed by atoms with Crippen molar-refractivity contribution in [3.05, 3.63) is 46.6 Å². The van der Waals surface area contributed by atoms with E-state index in [9.17, 15) is 0 Å². The van der Waals surface area contributed by atoms with Gasteiger partial charge in [0.05, 0.1) is 0 Å². The fourth-order valence-electron chi connectivity index (χ4n) is 5.01. The summed E-state index contributed by atoms with van der Waals surface area (Å²) in [6, 6.07) is 0. The summed E-state index contributed by atoms with van der Waals surface area (Å²) in [5.74, 6) is 1.20. The van der Waals surface area contributed by atoms with Crippen LogP contribution in [0.2, 0.25) is 0 Å². The Balaban J connectivity index is 0.000000184. The Bertz CT molecular complexity index is 599. The molecule has 0 bridgehead atoms. The van der Waals surface area contributed by atoms with E-state index in [0.717, 1.165) is 0 Å². The molecule has 4 aliphatic carbocycles. The topological polar surface area (TPSA) is 0 Å². The van der Waals surface area contributed by atoms with Crippen molar-refractivity contribution in [2.24, 2.45) is 22.7 Å². The molecule has 0 N–H and O–H groups in total. The van der Waals surface area contributed by atoms with Crippen molar-refractivity contribution in [1.29, 1.82) is 0 Å². The number of hydrogen-bond donors (Lipinski definition) is 0. The molecular formula is C27H40Zr. The summed E-state index contributed by atoms with van der Waals surface area (Å²) in [5.41, 5.74) is 7.32. The zero-order valence-corrected chi connectivity index (χ0v) is 21.6. The molecule has 0 saturated carbocycles. The van der Waals surface area contributed by atoms with Crippen LogP contribution in [0.4, 0.5) is 0 Å². The Labute approximate surface area is 190 Å². The molecule has 0 nitrogen and oxygen atoms in total. The van der Waals surface area contributed by atoms with Gasteiger partial charge in [-0.1, -0.05) is 91.9 Å².